The lowest BCUT2D eigenvalue weighted by Gasteiger charge is -2.33. The summed E-state index contributed by atoms with van der Waals surface area (Å²) < 4.78 is 16.1. The highest BCUT2D eigenvalue weighted by Crippen LogP contribution is 2.35. The van der Waals surface area contributed by atoms with E-state index in [2.05, 4.69) is 0 Å². The molecule has 2 amide bonds. The highest BCUT2D eigenvalue weighted by atomic mass is 16.6. The lowest BCUT2D eigenvalue weighted by molar-refractivity contribution is -0.166. The summed E-state index contributed by atoms with van der Waals surface area (Å²) in [5.41, 5.74) is 0.400. The molecule has 39 heavy (non-hydrogen) atoms. The quantitative estimate of drug-likeness (QED) is 0.225. The average molecular weight is 546 g/mol. The molecule has 1 saturated heterocycles. The van der Waals surface area contributed by atoms with E-state index in [0.29, 0.717) is 18.4 Å². The third kappa shape index (κ3) is 7.83. The molecule has 2 rings (SSSR count). The number of rotatable bonds is 13. The first-order valence-electron chi connectivity index (χ1n) is 13.0. The molecule has 3 unspecified atom stereocenters. The largest absolute Gasteiger partial charge is 0.451 e. The average Bonchev–Trinajstić information content (AvgIpc) is 3.09. The van der Waals surface area contributed by atoms with Crippen LogP contribution in [0.15, 0.2) is 30.3 Å². The summed E-state index contributed by atoms with van der Waals surface area (Å²) in [6, 6.07) is 6.31. The number of carbonyl (C=O) groups is 5. The van der Waals surface area contributed by atoms with E-state index in [4.69, 9.17) is 19.3 Å². The van der Waals surface area contributed by atoms with Crippen LogP contribution < -0.4 is 0 Å². The van der Waals surface area contributed by atoms with Crippen molar-refractivity contribution >= 4 is 35.1 Å². The van der Waals surface area contributed by atoms with E-state index < -0.39 is 47.6 Å². The number of aliphatic hydroxyl groups excluding tert-OH is 1. The first kappa shape index (κ1) is 31.8. The number of Topliss-reactive ketones (excluding diaryl/α,β-unsaturated/α-hetero) is 1. The molecule has 0 saturated carbocycles. The van der Waals surface area contributed by atoms with E-state index in [1.165, 1.54) is 0 Å². The topological polar surface area (TPSA) is 137 Å². The van der Waals surface area contributed by atoms with Crippen LogP contribution in [-0.4, -0.2) is 77.1 Å². The molecular formula is C29H39NO9. The van der Waals surface area contributed by atoms with Gasteiger partial charge in [0.05, 0.1) is 6.04 Å². The van der Waals surface area contributed by atoms with Crippen molar-refractivity contribution in [2.45, 2.75) is 84.7 Å². The van der Waals surface area contributed by atoms with Crippen LogP contribution in [0.1, 0.15) is 65.0 Å². The number of allylic oxidation sites excluding steroid dienone is 1. The number of amides is 2. The van der Waals surface area contributed by atoms with Gasteiger partial charge in [0.1, 0.15) is 5.60 Å². The highest BCUT2D eigenvalue weighted by molar-refractivity contribution is 6.25. The molecule has 0 bridgehead atoms. The normalized spacial score (nSPS) is 18.5. The van der Waals surface area contributed by atoms with Gasteiger partial charge in [0.15, 0.2) is 23.8 Å². The number of ketones is 2. The molecule has 0 spiro atoms. The van der Waals surface area contributed by atoms with Gasteiger partial charge in [-0.15, -0.1) is 0 Å². The van der Waals surface area contributed by atoms with Crippen LogP contribution >= 0.6 is 0 Å². The first-order valence-corrected chi connectivity index (χ1v) is 13.0. The number of hydrogen-bond acceptors (Lipinski definition) is 9. The van der Waals surface area contributed by atoms with Crippen molar-refractivity contribution in [3.8, 4) is 0 Å². The molecule has 214 valence electrons. The minimum atomic E-state index is -1.77. The maximum absolute atomic E-state index is 13.7. The predicted octanol–water partition coefficient (Wildman–Crippen LogP) is 3.41. The number of aryl methyl sites for hydroxylation is 1. The smallest absolute Gasteiger partial charge is 0.417 e. The Morgan fingerprint density at radius 2 is 1.82 bits per heavy atom. The second-order valence-corrected chi connectivity index (χ2v) is 10.5. The molecule has 1 aliphatic heterocycles. The van der Waals surface area contributed by atoms with Crippen LogP contribution in [0.5, 0.6) is 0 Å². The van der Waals surface area contributed by atoms with E-state index in [0.717, 1.165) is 30.6 Å². The van der Waals surface area contributed by atoms with E-state index in [1.54, 1.807) is 32.0 Å². The Bertz CT molecular complexity index is 1120. The number of hydrogen-bond donors (Lipinski definition) is 1. The summed E-state index contributed by atoms with van der Waals surface area (Å²) in [4.78, 5) is 66.1. The molecule has 3 atom stereocenters. The summed E-state index contributed by atoms with van der Waals surface area (Å²) >= 11 is 0. The molecule has 1 aliphatic rings. The second kappa shape index (κ2) is 13.6. The number of esters is 1. The fraction of sp³-hybridized carbons (Fsp3) is 0.552. The van der Waals surface area contributed by atoms with Crippen LogP contribution in [0.4, 0.5) is 4.79 Å². The Hall–Kier alpha value is -3.37. The van der Waals surface area contributed by atoms with E-state index in [1.807, 2.05) is 26.8 Å². The predicted molar refractivity (Wildman–Crippen MR) is 142 cm³/mol. The van der Waals surface area contributed by atoms with Gasteiger partial charge < -0.3 is 19.3 Å². The van der Waals surface area contributed by atoms with E-state index in [9.17, 15) is 24.0 Å². The lowest BCUT2D eigenvalue weighted by atomic mass is 9.88. The number of unbranched alkanes of at least 4 members (excludes halogenated alkanes) is 1. The van der Waals surface area contributed by atoms with Crippen LogP contribution in [0.3, 0.4) is 0 Å². The summed E-state index contributed by atoms with van der Waals surface area (Å²) in [5.74, 6) is -3.15. The van der Waals surface area contributed by atoms with Gasteiger partial charge in [-0.25, -0.2) is 9.69 Å². The zero-order valence-electron chi connectivity index (χ0n) is 23.7. The van der Waals surface area contributed by atoms with Crippen LogP contribution in [-0.2, 0) is 33.4 Å². The maximum atomic E-state index is 13.7. The van der Waals surface area contributed by atoms with Crippen molar-refractivity contribution < 1.29 is 43.3 Å². The van der Waals surface area contributed by atoms with Crippen molar-refractivity contribution in [1.29, 1.82) is 0 Å². The van der Waals surface area contributed by atoms with Crippen LogP contribution in [0, 0.1) is 12.8 Å². The first-order chi connectivity index (χ1) is 18.2. The molecule has 0 radical (unpaired) electrons. The number of carbonyl (C=O) groups excluding carboxylic acids is 5. The summed E-state index contributed by atoms with van der Waals surface area (Å²) in [7, 11) is 1.16. The molecule has 1 aromatic carbocycles. The summed E-state index contributed by atoms with van der Waals surface area (Å²) in [5, 5.41) is 9.10. The zero-order valence-corrected chi connectivity index (χ0v) is 23.7. The van der Waals surface area contributed by atoms with Crippen molar-refractivity contribution in [1.82, 2.24) is 4.90 Å². The van der Waals surface area contributed by atoms with Crippen LogP contribution in [0.2, 0.25) is 0 Å². The number of aliphatic hydroxyl groups is 1. The Morgan fingerprint density at radius 1 is 1.15 bits per heavy atom. The maximum Gasteiger partial charge on any atom is 0.417 e. The molecule has 0 aromatic heterocycles. The summed E-state index contributed by atoms with van der Waals surface area (Å²) in [6.45, 7) is 9.84. The number of nitrogens with zero attached hydrogens (tertiary/aromatic N) is 1. The summed E-state index contributed by atoms with van der Waals surface area (Å²) in [6.07, 6.45) is -2.40. The standard InChI is InChI=1S/C29H39NO9/c1-17(2)26-29(5,6)39-28(36)30(26)27(35)25(37-7)24(38-19(4)32)23(34)16-21(22(33)13-8-9-14-31)20-12-10-11-18(3)15-20/h10-12,15-17,24-26,31H,8-9,13-14H2,1-7H3. The Balaban J connectivity index is 2.54. The Kier molecular flexibility index (Phi) is 11.1. The third-order valence-electron chi connectivity index (χ3n) is 6.48. The molecule has 1 aromatic rings. The Morgan fingerprint density at radius 3 is 2.36 bits per heavy atom. The fourth-order valence-corrected chi connectivity index (χ4v) is 4.92. The minimum absolute atomic E-state index is 0.0721. The van der Waals surface area contributed by atoms with Gasteiger partial charge in [-0.1, -0.05) is 43.7 Å². The van der Waals surface area contributed by atoms with Gasteiger partial charge in [-0.05, 0) is 51.2 Å². The molecule has 10 heteroatoms. The zero-order chi connectivity index (χ0) is 29.5. The number of imide groups is 1. The molecule has 0 aliphatic carbocycles. The fourth-order valence-electron chi connectivity index (χ4n) is 4.92. The molecule has 1 N–H and O–H groups in total. The lowest BCUT2D eigenvalue weighted by Crippen LogP contribution is -2.55. The molecule has 1 fully saturated rings. The van der Waals surface area contributed by atoms with E-state index >= 15 is 0 Å². The minimum Gasteiger partial charge on any atom is -0.451 e. The van der Waals surface area contributed by atoms with Gasteiger partial charge in [0.2, 0.25) is 0 Å². The third-order valence-corrected chi connectivity index (χ3v) is 6.48. The number of benzene rings is 1. The van der Waals surface area contributed by atoms with Crippen molar-refractivity contribution in [2.24, 2.45) is 5.92 Å². The van der Waals surface area contributed by atoms with Crippen molar-refractivity contribution in [2.75, 3.05) is 13.7 Å². The van der Waals surface area contributed by atoms with Gasteiger partial charge in [0.25, 0.3) is 5.91 Å². The van der Waals surface area contributed by atoms with Crippen LogP contribution in [0.25, 0.3) is 5.57 Å². The van der Waals surface area contributed by atoms with Gasteiger partial charge in [0, 0.05) is 32.6 Å². The molecule has 10 nitrogen and oxygen atoms in total. The monoisotopic (exact) mass is 545 g/mol. The molecule has 1 heterocycles. The number of cyclic esters (lactones) is 1. The van der Waals surface area contributed by atoms with Crippen molar-refractivity contribution in [3.05, 3.63) is 41.5 Å². The highest BCUT2D eigenvalue weighted by Gasteiger charge is 2.54. The van der Waals surface area contributed by atoms with E-state index in [-0.39, 0.29) is 30.3 Å². The van der Waals surface area contributed by atoms with Gasteiger partial charge in [-0.3, -0.25) is 19.2 Å². The number of methoxy groups -OCH3 is 1. The van der Waals surface area contributed by atoms with Gasteiger partial charge in [-0.2, -0.15) is 0 Å². The second-order valence-electron chi connectivity index (χ2n) is 10.5. The Labute approximate surface area is 229 Å². The van der Waals surface area contributed by atoms with Crippen molar-refractivity contribution in [3.63, 3.8) is 0 Å². The SMILES string of the molecule is COC(C(=O)N1C(=O)OC(C)(C)C1C(C)C)C(OC(C)=O)C(=O)C=C(C(=O)CCCCO)c1cccc(C)c1. The molecular weight excluding hydrogens is 506 g/mol. The number of ether oxygens (including phenoxy) is 3. The van der Waals surface area contributed by atoms with Gasteiger partial charge >= 0.3 is 12.1 Å².